The number of thiazole rings is 1. The van der Waals surface area contributed by atoms with Gasteiger partial charge in [-0.25, -0.2) is 4.98 Å². The molecule has 1 aromatic heterocycles. The Labute approximate surface area is 154 Å². The molecule has 0 bridgehead atoms. The molecule has 0 aliphatic carbocycles. The van der Waals surface area contributed by atoms with E-state index >= 15 is 0 Å². The Kier molecular flexibility index (Phi) is 5.83. The minimum absolute atomic E-state index is 0.116. The van der Waals surface area contributed by atoms with Crippen LogP contribution in [0, 0.1) is 0 Å². The number of thioether (sulfide) groups is 1. The molecule has 0 spiro atoms. The number of benzene rings is 2. The average molecular weight is 371 g/mol. The number of hydrogen-bond donors (Lipinski definition) is 0. The lowest BCUT2D eigenvalue weighted by atomic mass is 10.1. The fourth-order valence-corrected chi connectivity index (χ4v) is 4.39. The maximum absolute atomic E-state index is 12.0. The molecule has 4 nitrogen and oxygen atoms in total. The quantitative estimate of drug-likeness (QED) is 0.193. The molecule has 0 amide bonds. The molecule has 3 rings (SSSR count). The number of carbonyl (C=O) groups is 2. The molecule has 3 aromatic rings. The predicted molar refractivity (Wildman–Crippen MR) is 102 cm³/mol. The van der Waals surface area contributed by atoms with Crippen LogP contribution in [0.15, 0.2) is 52.9 Å². The summed E-state index contributed by atoms with van der Waals surface area (Å²) in [4.78, 5) is 28.1. The first-order valence-electron chi connectivity index (χ1n) is 7.92. The van der Waals surface area contributed by atoms with E-state index in [0.29, 0.717) is 24.2 Å². The van der Waals surface area contributed by atoms with E-state index in [1.165, 1.54) is 11.6 Å². The molecule has 0 N–H and O–H groups in total. The number of Topliss-reactive ketones (excluding diaryl/α,β-unsaturated/α-hetero) is 1. The second kappa shape index (κ2) is 8.27. The number of aromatic nitrogens is 1. The molecular weight excluding hydrogens is 354 g/mol. The summed E-state index contributed by atoms with van der Waals surface area (Å²) in [5.74, 6) is 0.690. The van der Waals surface area contributed by atoms with Gasteiger partial charge in [0.25, 0.3) is 0 Å². The molecule has 2 aromatic carbocycles. The zero-order chi connectivity index (χ0) is 17.6. The van der Waals surface area contributed by atoms with Crippen molar-refractivity contribution in [1.29, 1.82) is 0 Å². The monoisotopic (exact) mass is 371 g/mol. The van der Waals surface area contributed by atoms with E-state index in [-0.39, 0.29) is 11.8 Å². The van der Waals surface area contributed by atoms with Gasteiger partial charge in [0.05, 0.1) is 15.8 Å². The van der Waals surface area contributed by atoms with Crippen molar-refractivity contribution in [2.24, 2.45) is 0 Å². The number of nitrogens with zero attached hydrogens (tertiary/aromatic N) is 1. The predicted octanol–water partition coefficient (Wildman–Crippen LogP) is 4.98. The number of rotatable bonds is 7. The minimum atomic E-state index is -0.321. The van der Waals surface area contributed by atoms with E-state index in [4.69, 9.17) is 4.74 Å². The molecule has 0 unspecified atom stereocenters. The van der Waals surface area contributed by atoms with Gasteiger partial charge in [-0.15, -0.1) is 11.3 Å². The third-order valence-corrected chi connectivity index (χ3v) is 5.78. The number of fused-ring (bicyclic) bond motifs is 1. The van der Waals surface area contributed by atoms with Crippen LogP contribution >= 0.6 is 23.1 Å². The van der Waals surface area contributed by atoms with Crippen LogP contribution in [0.1, 0.15) is 30.1 Å². The number of hydrogen-bond acceptors (Lipinski definition) is 6. The van der Waals surface area contributed by atoms with Crippen molar-refractivity contribution >= 4 is 45.1 Å². The lowest BCUT2D eigenvalue weighted by Crippen LogP contribution is -2.10. The number of ether oxygens (including phenoxy) is 1. The molecule has 1 heterocycles. The van der Waals surface area contributed by atoms with Crippen molar-refractivity contribution in [2.75, 3.05) is 5.75 Å². The Bertz CT molecular complexity index is 871. The van der Waals surface area contributed by atoms with E-state index in [0.717, 1.165) is 15.6 Å². The van der Waals surface area contributed by atoms with Crippen molar-refractivity contribution in [3.8, 4) is 5.75 Å². The zero-order valence-electron chi connectivity index (χ0n) is 13.7. The highest BCUT2D eigenvalue weighted by molar-refractivity contribution is 8.01. The molecule has 0 radical (unpaired) electrons. The lowest BCUT2D eigenvalue weighted by Gasteiger charge is -2.07. The van der Waals surface area contributed by atoms with Gasteiger partial charge in [-0.05, 0) is 37.6 Å². The number of carbonyl (C=O) groups excluding carboxylic acids is 2. The van der Waals surface area contributed by atoms with Gasteiger partial charge in [0.15, 0.2) is 10.1 Å². The summed E-state index contributed by atoms with van der Waals surface area (Å²) in [6, 6.07) is 14.8. The van der Waals surface area contributed by atoms with E-state index in [2.05, 4.69) is 11.1 Å². The Morgan fingerprint density at radius 1 is 1.12 bits per heavy atom. The molecule has 6 heteroatoms. The summed E-state index contributed by atoms with van der Waals surface area (Å²) >= 11 is 3.31. The van der Waals surface area contributed by atoms with Gasteiger partial charge in [-0.3, -0.25) is 9.59 Å². The second-order valence-electron chi connectivity index (χ2n) is 5.43. The molecule has 0 fully saturated rings. The molecule has 0 saturated heterocycles. The van der Waals surface area contributed by atoms with Crippen LogP contribution in [0.4, 0.5) is 0 Å². The summed E-state index contributed by atoms with van der Waals surface area (Å²) in [5.41, 5.74) is 1.44. The normalized spacial score (nSPS) is 10.8. The summed E-state index contributed by atoms with van der Waals surface area (Å²) in [6.07, 6.45) is 1.01. The van der Waals surface area contributed by atoms with E-state index < -0.39 is 0 Å². The van der Waals surface area contributed by atoms with Gasteiger partial charge >= 0.3 is 5.97 Å². The van der Waals surface area contributed by atoms with Gasteiger partial charge in [-0.1, -0.05) is 36.0 Å². The van der Waals surface area contributed by atoms with Crippen molar-refractivity contribution in [2.45, 2.75) is 24.1 Å². The molecule has 0 atom stereocenters. The van der Waals surface area contributed by atoms with E-state index in [1.807, 2.05) is 18.2 Å². The van der Waals surface area contributed by atoms with Crippen molar-refractivity contribution in [3.63, 3.8) is 0 Å². The first-order chi connectivity index (χ1) is 12.1. The van der Waals surface area contributed by atoms with Gasteiger partial charge < -0.3 is 4.74 Å². The summed E-state index contributed by atoms with van der Waals surface area (Å²) in [5, 5.41) is 0. The third kappa shape index (κ3) is 4.67. The first kappa shape index (κ1) is 17.6. The smallest absolute Gasteiger partial charge is 0.311 e. The van der Waals surface area contributed by atoms with Crippen LogP contribution in [0.3, 0.4) is 0 Å². The highest BCUT2D eigenvalue weighted by atomic mass is 32.2. The highest BCUT2D eigenvalue weighted by Gasteiger charge is 2.12. The topological polar surface area (TPSA) is 56.3 Å². The first-order valence-corrected chi connectivity index (χ1v) is 9.73. The van der Waals surface area contributed by atoms with E-state index in [1.54, 1.807) is 47.4 Å². The van der Waals surface area contributed by atoms with Gasteiger partial charge in [0, 0.05) is 12.2 Å². The van der Waals surface area contributed by atoms with Gasteiger partial charge in [0.1, 0.15) is 5.75 Å². The van der Waals surface area contributed by atoms with Crippen LogP contribution in [0.5, 0.6) is 5.75 Å². The highest BCUT2D eigenvalue weighted by Crippen LogP contribution is 2.29. The standard InChI is InChI=1S/C19H17NO3S2/c1-13(21)14-7-2-4-9-16(14)23-18(22)11-6-12-24-19-20-15-8-3-5-10-17(15)25-19/h2-5,7-10H,6,11-12H2,1H3. The maximum Gasteiger partial charge on any atom is 0.311 e. The van der Waals surface area contributed by atoms with Crippen molar-refractivity contribution in [3.05, 3.63) is 54.1 Å². The maximum atomic E-state index is 12.0. The number of esters is 1. The van der Waals surface area contributed by atoms with Crippen LogP contribution in [-0.2, 0) is 4.79 Å². The van der Waals surface area contributed by atoms with Crippen LogP contribution in [0.25, 0.3) is 10.2 Å². The molecule has 128 valence electrons. The Balaban J connectivity index is 1.47. The van der Waals surface area contributed by atoms with Crippen LogP contribution < -0.4 is 4.74 Å². The van der Waals surface area contributed by atoms with Crippen LogP contribution in [0.2, 0.25) is 0 Å². The average Bonchev–Trinajstić information content (AvgIpc) is 3.02. The zero-order valence-corrected chi connectivity index (χ0v) is 15.4. The SMILES string of the molecule is CC(=O)c1ccccc1OC(=O)CCCSc1nc2ccccc2s1. The molecule has 0 aliphatic heterocycles. The Morgan fingerprint density at radius 2 is 1.88 bits per heavy atom. The Morgan fingerprint density at radius 3 is 2.68 bits per heavy atom. The molecule has 0 aliphatic rings. The molecular formula is C19H17NO3S2. The number of para-hydroxylation sites is 2. The van der Waals surface area contributed by atoms with Crippen molar-refractivity contribution in [1.82, 2.24) is 4.98 Å². The van der Waals surface area contributed by atoms with Crippen LogP contribution in [-0.4, -0.2) is 22.5 Å². The lowest BCUT2D eigenvalue weighted by molar-refractivity contribution is -0.134. The second-order valence-corrected chi connectivity index (χ2v) is 7.80. The summed E-state index contributed by atoms with van der Waals surface area (Å²) in [7, 11) is 0. The van der Waals surface area contributed by atoms with Crippen molar-refractivity contribution < 1.29 is 14.3 Å². The number of ketones is 1. The summed E-state index contributed by atoms with van der Waals surface area (Å²) < 4.78 is 7.51. The largest absolute Gasteiger partial charge is 0.426 e. The van der Waals surface area contributed by atoms with Gasteiger partial charge in [0.2, 0.25) is 0 Å². The fourth-order valence-electron chi connectivity index (χ4n) is 2.31. The van der Waals surface area contributed by atoms with E-state index in [9.17, 15) is 9.59 Å². The summed E-state index contributed by atoms with van der Waals surface area (Å²) in [6.45, 7) is 1.46. The third-order valence-electron chi connectivity index (χ3n) is 3.52. The fraction of sp³-hybridized carbons (Fsp3) is 0.211. The molecule has 0 saturated carbocycles. The van der Waals surface area contributed by atoms with Gasteiger partial charge in [-0.2, -0.15) is 0 Å². The minimum Gasteiger partial charge on any atom is -0.426 e. The Hall–Kier alpha value is -2.18. The molecule has 25 heavy (non-hydrogen) atoms.